The van der Waals surface area contributed by atoms with Crippen LogP contribution in [0.2, 0.25) is 0 Å². The Bertz CT molecular complexity index is 1290. The summed E-state index contributed by atoms with van der Waals surface area (Å²) in [6.07, 6.45) is 7.75. The third kappa shape index (κ3) is 7.52. The van der Waals surface area contributed by atoms with E-state index in [0.717, 1.165) is 55.9 Å². The van der Waals surface area contributed by atoms with Crippen molar-refractivity contribution in [3.63, 3.8) is 0 Å². The number of anilines is 1. The van der Waals surface area contributed by atoms with Gasteiger partial charge < -0.3 is 24.6 Å². The number of aryl methyl sites for hydroxylation is 1. The molecule has 0 amide bonds. The number of rotatable bonds is 11. The van der Waals surface area contributed by atoms with Crippen molar-refractivity contribution in [3.05, 3.63) is 82.7 Å². The highest BCUT2D eigenvalue weighted by molar-refractivity contribution is 5.60. The molecule has 0 aromatic heterocycles. The minimum Gasteiger partial charge on any atom is -0.508 e. The van der Waals surface area contributed by atoms with E-state index in [1.165, 1.54) is 42.4 Å². The number of methoxy groups -OCH3 is 1. The van der Waals surface area contributed by atoms with E-state index in [9.17, 15) is 10.2 Å². The van der Waals surface area contributed by atoms with Gasteiger partial charge in [-0.05, 0) is 104 Å². The zero-order valence-electron chi connectivity index (χ0n) is 24.2. The lowest BCUT2D eigenvalue weighted by molar-refractivity contribution is 0.209. The van der Waals surface area contributed by atoms with Crippen molar-refractivity contribution in [2.45, 2.75) is 57.4 Å². The lowest BCUT2D eigenvalue weighted by Gasteiger charge is -2.32. The summed E-state index contributed by atoms with van der Waals surface area (Å²) in [4.78, 5) is 4.52. The van der Waals surface area contributed by atoms with E-state index in [0.29, 0.717) is 25.4 Å². The second-order valence-electron chi connectivity index (χ2n) is 11.3. The first kappa shape index (κ1) is 29.2. The van der Waals surface area contributed by atoms with Crippen molar-refractivity contribution in [1.82, 2.24) is 4.90 Å². The zero-order chi connectivity index (χ0) is 28.6. The monoisotopic (exact) mass is 562 g/mol. The lowest BCUT2D eigenvalue weighted by Crippen LogP contribution is -2.29. The zero-order valence-corrected chi connectivity index (χ0v) is 24.2. The molecular formula is C34H43FN2O4. The molecular weight excluding hydrogens is 519 g/mol. The number of aliphatic hydroxyl groups is 1. The van der Waals surface area contributed by atoms with E-state index in [-0.39, 0.29) is 24.1 Å². The van der Waals surface area contributed by atoms with Gasteiger partial charge in [0, 0.05) is 31.4 Å². The number of benzene rings is 3. The van der Waals surface area contributed by atoms with Crippen molar-refractivity contribution >= 4 is 5.69 Å². The number of likely N-dealkylation sites (tertiary alicyclic amines) is 1. The van der Waals surface area contributed by atoms with Gasteiger partial charge in [0.1, 0.15) is 18.1 Å². The number of nitrogens with zero attached hydrogens (tertiary/aromatic N) is 2. The molecule has 3 aromatic rings. The first-order valence-corrected chi connectivity index (χ1v) is 15.0. The molecule has 1 unspecified atom stereocenters. The summed E-state index contributed by atoms with van der Waals surface area (Å²) in [5.41, 5.74) is 5.44. The Balaban J connectivity index is 1.31. The van der Waals surface area contributed by atoms with Gasteiger partial charge in [0.15, 0.2) is 11.6 Å². The summed E-state index contributed by atoms with van der Waals surface area (Å²) >= 11 is 0. The first-order chi connectivity index (χ1) is 20.0. The van der Waals surface area contributed by atoms with Gasteiger partial charge in [-0.25, -0.2) is 4.39 Å². The predicted octanol–water partition coefficient (Wildman–Crippen LogP) is 6.07. The molecule has 41 heavy (non-hydrogen) atoms. The molecule has 0 bridgehead atoms. The fourth-order valence-corrected chi connectivity index (χ4v) is 6.31. The molecule has 1 aliphatic heterocycles. The third-order valence-corrected chi connectivity index (χ3v) is 8.54. The van der Waals surface area contributed by atoms with Crippen molar-refractivity contribution in [1.29, 1.82) is 0 Å². The Morgan fingerprint density at radius 1 is 0.976 bits per heavy atom. The van der Waals surface area contributed by atoms with Gasteiger partial charge in [-0.1, -0.05) is 31.0 Å². The average Bonchev–Trinajstić information content (AvgIpc) is 3.26. The number of aromatic hydroxyl groups is 1. The molecule has 0 saturated carbocycles. The first-order valence-electron chi connectivity index (χ1n) is 15.0. The van der Waals surface area contributed by atoms with E-state index in [1.807, 2.05) is 30.3 Å². The van der Waals surface area contributed by atoms with Gasteiger partial charge in [-0.2, -0.15) is 0 Å². The molecule has 2 aliphatic rings. The number of ether oxygens (including phenoxy) is 2. The van der Waals surface area contributed by atoms with Crippen LogP contribution in [-0.2, 0) is 19.4 Å². The van der Waals surface area contributed by atoms with Crippen LogP contribution >= 0.6 is 0 Å². The van der Waals surface area contributed by atoms with Crippen LogP contribution in [0.4, 0.5) is 10.1 Å². The fraction of sp³-hybridized carbons (Fsp3) is 0.471. The summed E-state index contributed by atoms with van der Waals surface area (Å²) < 4.78 is 26.5. The normalized spacial score (nSPS) is 17.5. The number of aliphatic hydroxyl groups excluding tert-OH is 1. The van der Waals surface area contributed by atoms with Crippen LogP contribution in [-0.4, -0.2) is 61.6 Å². The quantitative estimate of drug-likeness (QED) is 0.296. The molecule has 5 rings (SSSR count). The highest BCUT2D eigenvalue weighted by atomic mass is 19.1. The molecule has 1 saturated heterocycles. The third-order valence-electron chi connectivity index (χ3n) is 8.54. The number of phenols is 1. The molecule has 2 N–H and O–H groups in total. The number of halogens is 1. The van der Waals surface area contributed by atoms with Crippen molar-refractivity contribution < 1.29 is 24.1 Å². The highest BCUT2D eigenvalue weighted by Crippen LogP contribution is 2.40. The Morgan fingerprint density at radius 3 is 2.56 bits per heavy atom. The summed E-state index contributed by atoms with van der Waals surface area (Å²) in [7, 11) is 1.65. The Morgan fingerprint density at radius 2 is 1.80 bits per heavy atom. The maximum absolute atomic E-state index is 15.1. The Hall–Kier alpha value is -3.29. The summed E-state index contributed by atoms with van der Waals surface area (Å²) in [6.45, 7) is 4.31. The smallest absolute Gasteiger partial charge is 0.165 e. The summed E-state index contributed by atoms with van der Waals surface area (Å²) in [5, 5.41) is 19.9. The maximum Gasteiger partial charge on any atom is 0.165 e. The topological polar surface area (TPSA) is 65.4 Å². The summed E-state index contributed by atoms with van der Waals surface area (Å²) in [6, 6.07) is 17.0. The Kier molecular flexibility index (Phi) is 10.0. The van der Waals surface area contributed by atoms with Crippen molar-refractivity contribution in [2.24, 2.45) is 0 Å². The molecule has 220 valence electrons. The van der Waals surface area contributed by atoms with Crippen LogP contribution in [0.15, 0.2) is 54.6 Å². The standard InChI is InChI=1S/C34H43FN2O4/c1-40-30-11-12-31(28-8-7-27-22-29(39)10-9-26(27)21-28)33(23-30)37(16-18-38)24-25-6-13-34(32(35)20-25)41-19-17-36-14-4-2-3-5-15-36/h6,9-13,20,22-23,28,38-39H,2-5,7-8,14-19,21,24H2,1H3. The molecule has 1 aliphatic carbocycles. The van der Waals surface area contributed by atoms with Gasteiger partial charge in [0.05, 0.1) is 13.7 Å². The second-order valence-corrected chi connectivity index (χ2v) is 11.3. The van der Waals surface area contributed by atoms with Crippen LogP contribution < -0.4 is 14.4 Å². The van der Waals surface area contributed by atoms with E-state index < -0.39 is 0 Å². The van der Waals surface area contributed by atoms with E-state index in [1.54, 1.807) is 25.3 Å². The van der Waals surface area contributed by atoms with Gasteiger partial charge >= 0.3 is 0 Å². The van der Waals surface area contributed by atoms with E-state index >= 15 is 4.39 Å². The highest BCUT2D eigenvalue weighted by Gasteiger charge is 2.25. The van der Waals surface area contributed by atoms with Crippen LogP contribution in [0.5, 0.6) is 17.2 Å². The molecule has 1 atom stereocenters. The number of hydrogen-bond acceptors (Lipinski definition) is 6. The van der Waals surface area contributed by atoms with Crippen LogP contribution in [0.3, 0.4) is 0 Å². The molecule has 0 spiro atoms. The maximum atomic E-state index is 15.1. The number of hydrogen-bond donors (Lipinski definition) is 2. The fourth-order valence-electron chi connectivity index (χ4n) is 6.31. The van der Waals surface area contributed by atoms with Gasteiger partial charge in [-0.3, -0.25) is 4.90 Å². The minimum atomic E-state index is -0.361. The van der Waals surface area contributed by atoms with E-state index in [2.05, 4.69) is 15.9 Å². The molecule has 6 nitrogen and oxygen atoms in total. The average molecular weight is 563 g/mol. The van der Waals surface area contributed by atoms with Crippen LogP contribution in [0.1, 0.15) is 60.3 Å². The SMILES string of the molecule is COc1ccc(C2CCc3cc(O)ccc3C2)c(N(CCO)Cc2ccc(OCCN3CCCCCC3)c(F)c2)c1. The Labute approximate surface area is 243 Å². The number of fused-ring (bicyclic) bond motifs is 1. The molecule has 7 heteroatoms. The summed E-state index contributed by atoms with van der Waals surface area (Å²) in [5.74, 6) is 1.26. The van der Waals surface area contributed by atoms with E-state index in [4.69, 9.17) is 9.47 Å². The predicted molar refractivity (Wildman–Crippen MR) is 161 cm³/mol. The molecule has 1 fully saturated rings. The van der Waals surface area contributed by atoms with Crippen LogP contribution in [0.25, 0.3) is 0 Å². The van der Waals surface area contributed by atoms with Gasteiger partial charge in [0.25, 0.3) is 0 Å². The largest absolute Gasteiger partial charge is 0.508 e. The van der Waals surface area contributed by atoms with Gasteiger partial charge in [-0.15, -0.1) is 0 Å². The molecule has 1 heterocycles. The van der Waals surface area contributed by atoms with Crippen molar-refractivity contribution in [3.8, 4) is 17.2 Å². The second kappa shape index (κ2) is 14.1. The number of phenolic OH excluding ortho intramolecular Hbond substituents is 1. The lowest BCUT2D eigenvalue weighted by atomic mass is 9.79. The van der Waals surface area contributed by atoms with Gasteiger partial charge in [0.2, 0.25) is 0 Å². The molecule has 3 aromatic carbocycles. The van der Waals surface area contributed by atoms with Crippen LogP contribution in [0, 0.1) is 5.82 Å². The van der Waals surface area contributed by atoms with Crippen molar-refractivity contribution in [2.75, 3.05) is 51.4 Å². The minimum absolute atomic E-state index is 0.0242. The molecule has 0 radical (unpaired) electrons.